The van der Waals surface area contributed by atoms with Crippen LogP contribution in [0.4, 0.5) is 0 Å². The SMILES string of the molecule is CC(C)c1nn(C)cc1CNCC1CC1. The fraction of sp³-hybridized carbons (Fsp3) is 0.750. The minimum atomic E-state index is 0.518. The molecule has 0 amide bonds. The zero-order valence-electron chi connectivity index (χ0n) is 9.95. The van der Waals surface area contributed by atoms with Gasteiger partial charge in [-0.05, 0) is 31.2 Å². The van der Waals surface area contributed by atoms with Gasteiger partial charge in [0.15, 0.2) is 0 Å². The van der Waals surface area contributed by atoms with Gasteiger partial charge in [-0.3, -0.25) is 4.68 Å². The molecule has 0 spiro atoms. The van der Waals surface area contributed by atoms with Gasteiger partial charge in [-0.15, -0.1) is 0 Å². The van der Waals surface area contributed by atoms with Crippen LogP contribution in [0.5, 0.6) is 0 Å². The minimum Gasteiger partial charge on any atom is -0.312 e. The first-order valence-electron chi connectivity index (χ1n) is 5.90. The maximum Gasteiger partial charge on any atom is 0.0694 e. The van der Waals surface area contributed by atoms with Gasteiger partial charge in [-0.1, -0.05) is 13.8 Å². The summed E-state index contributed by atoms with van der Waals surface area (Å²) in [7, 11) is 2.00. The van der Waals surface area contributed by atoms with Gasteiger partial charge < -0.3 is 5.32 Å². The highest BCUT2D eigenvalue weighted by molar-refractivity contribution is 5.19. The predicted octanol–water partition coefficient (Wildman–Crippen LogP) is 2.04. The van der Waals surface area contributed by atoms with E-state index in [-0.39, 0.29) is 0 Å². The zero-order valence-corrected chi connectivity index (χ0v) is 9.95. The van der Waals surface area contributed by atoms with E-state index >= 15 is 0 Å². The summed E-state index contributed by atoms with van der Waals surface area (Å²) in [4.78, 5) is 0. The van der Waals surface area contributed by atoms with Crippen LogP contribution in [-0.2, 0) is 13.6 Å². The van der Waals surface area contributed by atoms with E-state index in [1.807, 2.05) is 11.7 Å². The van der Waals surface area contributed by atoms with Crippen molar-refractivity contribution in [2.24, 2.45) is 13.0 Å². The first-order valence-corrected chi connectivity index (χ1v) is 5.90. The fourth-order valence-electron chi connectivity index (χ4n) is 1.91. The predicted molar refractivity (Wildman–Crippen MR) is 61.7 cm³/mol. The van der Waals surface area contributed by atoms with Gasteiger partial charge in [-0.25, -0.2) is 0 Å². The average Bonchev–Trinajstić information content (AvgIpc) is 2.89. The van der Waals surface area contributed by atoms with Crippen molar-refractivity contribution < 1.29 is 0 Å². The maximum atomic E-state index is 4.50. The third kappa shape index (κ3) is 2.81. The fourth-order valence-corrected chi connectivity index (χ4v) is 1.91. The van der Waals surface area contributed by atoms with Crippen molar-refractivity contribution in [2.75, 3.05) is 6.54 Å². The van der Waals surface area contributed by atoms with Crippen LogP contribution in [-0.4, -0.2) is 16.3 Å². The molecule has 1 N–H and O–H groups in total. The van der Waals surface area contributed by atoms with Crippen LogP contribution < -0.4 is 5.32 Å². The highest BCUT2D eigenvalue weighted by atomic mass is 15.3. The molecule has 1 fully saturated rings. The second-order valence-corrected chi connectivity index (χ2v) is 4.94. The van der Waals surface area contributed by atoms with Crippen molar-refractivity contribution in [3.63, 3.8) is 0 Å². The molecule has 1 heterocycles. The quantitative estimate of drug-likeness (QED) is 0.800. The van der Waals surface area contributed by atoms with E-state index in [2.05, 4.69) is 30.5 Å². The Hall–Kier alpha value is -0.830. The van der Waals surface area contributed by atoms with E-state index < -0.39 is 0 Å². The summed E-state index contributed by atoms with van der Waals surface area (Å²) >= 11 is 0. The zero-order chi connectivity index (χ0) is 10.8. The molecule has 0 saturated heterocycles. The molecule has 1 aromatic heterocycles. The van der Waals surface area contributed by atoms with E-state index in [1.54, 1.807) is 0 Å². The van der Waals surface area contributed by atoms with Crippen LogP contribution in [0.3, 0.4) is 0 Å². The highest BCUT2D eigenvalue weighted by Gasteiger charge is 2.20. The second-order valence-electron chi connectivity index (χ2n) is 4.94. The normalized spacial score (nSPS) is 16.3. The lowest BCUT2D eigenvalue weighted by Gasteiger charge is -2.06. The number of hydrogen-bond donors (Lipinski definition) is 1. The summed E-state index contributed by atoms with van der Waals surface area (Å²) in [5.41, 5.74) is 2.59. The molecular weight excluding hydrogens is 186 g/mol. The summed E-state index contributed by atoms with van der Waals surface area (Å²) in [6, 6.07) is 0. The highest BCUT2D eigenvalue weighted by Crippen LogP contribution is 2.27. The molecule has 0 radical (unpaired) electrons. The van der Waals surface area contributed by atoms with Gasteiger partial charge in [0.05, 0.1) is 5.69 Å². The first-order chi connectivity index (χ1) is 7.16. The number of aromatic nitrogens is 2. The van der Waals surface area contributed by atoms with E-state index in [9.17, 15) is 0 Å². The molecule has 0 aliphatic heterocycles. The van der Waals surface area contributed by atoms with Crippen LogP contribution in [0.2, 0.25) is 0 Å². The Morgan fingerprint density at radius 3 is 2.87 bits per heavy atom. The molecule has 3 heteroatoms. The topological polar surface area (TPSA) is 29.9 Å². The number of nitrogens with one attached hydrogen (secondary N) is 1. The Bertz CT molecular complexity index is 324. The number of nitrogens with zero attached hydrogens (tertiary/aromatic N) is 2. The lowest BCUT2D eigenvalue weighted by Crippen LogP contribution is -2.16. The van der Waals surface area contributed by atoms with E-state index in [4.69, 9.17) is 0 Å². The molecule has 84 valence electrons. The van der Waals surface area contributed by atoms with E-state index in [0.29, 0.717) is 5.92 Å². The Balaban J connectivity index is 1.92. The van der Waals surface area contributed by atoms with Crippen molar-refractivity contribution in [1.82, 2.24) is 15.1 Å². The summed E-state index contributed by atoms with van der Waals surface area (Å²) in [6.45, 7) is 6.55. The monoisotopic (exact) mass is 207 g/mol. The lowest BCUT2D eigenvalue weighted by atomic mass is 10.1. The molecule has 2 rings (SSSR count). The molecule has 0 atom stereocenters. The molecule has 0 bridgehead atoms. The summed E-state index contributed by atoms with van der Waals surface area (Å²) in [5.74, 6) is 1.47. The Labute approximate surface area is 91.9 Å². The third-order valence-corrected chi connectivity index (χ3v) is 2.93. The number of rotatable bonds is 5. The summed E-state index contributed by atoms with van der Waals surface area (Å²) in [5, 5.41) is 8.02. The Kier molecular flexibility index (Phi) is 3.10. The van der Waals surface area contributed by atoms with Gasteiger partial charge in [0.1, 0.15) is 0 Å². The Morgan fingerprint density at radius 2 is 2.27 bits per heavy atom. The molecule has 1 saturated carbocycles. The molecule has 1 aromatic rings. The molecule has 1 aliphatic carbocycles. The Morgan fingerprint density at radius 1 is 1.53 bits per heavy atom. The molecule has 3 nitrogen and oxygen atoms in total. The van der Waals surface area contributed by atoms with Crippen molar-refractivity contribution >= 4 is 0 Å². The van der Waals surface area contributed by atoms with E-state index in [1.165, 1.54) is 30.6 Å². The minimum absolute atomic E-state index is 0.518. The summed E-state index contributed by atoms with van der Waals surface area (Å²) in [6.07, 6.45) is 4.96. The summed E-state index contributed by atoms with van der Waals surface area (Å²) < 4.78 is 1.92. The second kappa shape index (κ2) is 4.35. The van der Waals surface area contributed by atoms with Crippen LogP contribution >= 0.6 is 0 Å². The van der Waals surface area contributed by atoms with Gasteiger partial charge in [0.2, 0.25) is 0 Å². The molecule has 0 aromatic carbocycles. The van der Waals surface area contributed by atoms with Gasteiger partial charge in [-0.2, -0.15) is 5.10 Å². The third-order valence-electron chi connectivity index (χ3n) is 2.93. The van der Waals surface area contributed by atoms with Crippen LogP contribution in [0.15, 0.2) is 6.20 Å². The maximum absolute atomic E-state index is 4.50. The van der Waals surface area contributed by atoms with Crippen LogP contribution in [0.25, 0.3) is 0 Å². The van der Waals surface area contributed by atoms with Crippen molar-refractivity contribution in [1.29, 1.82) is 0 Å². The molecule has 1 aliphatic rings. The number of hydrogen-bond acceptors (Lipinski definition) is 2. The largest absolute Gasteiger partial charge is 0.312 e. The smallest absolute Gasteiger partial charge is 0.0694 e. The average molecular weight is 207 g/mol. The lowest BCUT2D eigenvalue weighted by molar-refractivity contribution is 0.632. The molecular formula is C12H21N3. The molecule has 0 unspecified atom stereocenters. The van der Waals surface area contributed by atoms with Gasteiger partial charge >= 0.3 is 0 Å². The van der Waals surface area contributed by atoms with Crippen molar-refractivity contribution in [3.8, 4) is 0 Å². The van der Waals surface area contributed by atoms with Crippen LogP contribution in [0.1, 0.15) is 43.9 Å². The first kappa shape index (κ1) is 10.7. The van der Waals surface area contributed by atoms with Crippen LogP contribution in [0, 0.1) is 5.92 Å². The number of aryl methyl sites for hydroxylation is 1. The standard InChI is InChI=1S/C12H21N3/c1-9(2)12-11(8-15(3)14-12)7-13-6-10-4-5-10/h8-10,13H,4-7H2,1-3H3. The van der Waals surface area contributed by atoms with Gasteiger partial charge in [0.25, 0.3) is 0 Å². The van der Waals surface area contributed by atoms with Gasteiger partial charge in [0, 0.05) is 25.4 Å². The van der Waals surface area contributed by atoms with E-state index in [0.717, 1.165) is 12.5 Å². The van der Waals surface area contributed by atoms with Crippen molar-refractivity contribution in [3.05, 3.63) is 17.5 Å². The molecule has 15 heavy (non-hydrogen) atoms. The van der Waals surface area contributed by atoms with Crippen molar-refractivity contribution in [2.45, 2.75) is 39.2 Å².